The van der Waals surface area contributed by atoms with Crippen molar-refractivity contribution in [2.24, 2.45) is 0 Å². The Hall–Kier alpha value is -0.200. The molecule has 1 aliphatic carbocycles. The SMILES string of the molecule is CC1CN(C)CCN1C1CC2(CCC1O)OCCO2. The first kappa shape index (κ1) is 13.8. The van der Waals surface area contributed by atoms with Crippen molar-refractivity contribution in [2.45, 2.75) is 50.2 Å². The van der Waals surface area contributed by atoms with E-state index in [0.29, 0.717) is 19.3 Å². The fourth-order valence-corrected chi connectivity index (χ4v) is 3.86. The van der Waals surface area contributed by atoms with Gasteiger partial charge in [0.25, 0.3) is 0 Å². The van der Waals surface area contributed by atoms with E-state index >= 15 is 0 Å². The van der Waals surface area contributed by atoms with Crippen LogP contribution in [0.5, 0.6) is 0 Å². The Labute approximate surface area is 115 Å². The van der Waals surface area contributed by atoms with E-state index in [1.165, 1.54) is 0 Å². The van der Waals surface area contributed by atoms with E-state index in [1.807, 2.05) is 0 Å². The van der Waals surface area contributed by atoms with Crippen LogP contribution in [0, 0.1) is 0 Å². The highest BCUT2D eigenvalue weighted by Crippen LogP contribution is 2.38. The summed E-state index contributed by atoms with van der Waals surface area (Å²) in [5, 5.41) is 10.4. The predicted octanol–water partition coefficient (Wildman–Crippen LogP) is 0.279. The average Bonchev–Trinajstić information content (AvgIpc) is 2.82. The van der Waals surface area contributed by atoms with Gasteiger partial charge in [-0.15, -0.1) is 0 Å². The summed E-state index contributed by atoms with van der Waals surface area (Å²) in [5.74, 6) is -0.410. The molecule has 3 aliphatic rings. The number of aliphatic hydroxyl groups is 1. The van der Waals surface area contributed by atoms with Crippen LogP contribution >= 0.6 is 0 Å². The van der Waals surface area contributed by atoms with Crippen LogP contribution in [0.25, 0.3) is 0 Å². The van der Waals surface area contributed by atoms with Gasteiger partial charge in [0.1, 0.15) is 0 Å². The van der Waals surface area contributed by atoms with Gasteiger partial charge in [-0.1, -0.05) is 0 Å². The third-order valence-electron chi connectivity index (χ3n) is 4.91. The maximum Gasteiger partial charge on any atom is 0.170 e. The number of hydrogen-bond acceptors (Lipinski definition) is 5. The van der Waals surface area contributed by atoms with Crippen LogP contribution < -0.4 is 0 Å². The predicted molar refractivity (Wildman–Crippen MR) is 71.9 cm³/mol. The molecule has 3 atom stereocenters. The molecule has 0 aromatic rings. The van der Waals surface area contributed by atoms with Gasteiger partial charge in [0.05, 0.1) is 19.3 Å². The van der Waals surface area contributed by atoms with E-state index in [4.69, 9.17) is 9.47 Å². The van der Waals surface area contributed by atoms with E-state index < -0.39 is 5.79 Å². The Morgan fingerprint density at radius 2 is 1.95 bits per heavy atom. The summed E-state index contributed by atoms with van der Waals surface area (Å²) in [6.45, 7) is 6.80. The number of likely N-dealkylation sites (N-methyl/N-ethyl adjacent to an activating group) is 1. The quantitative estimate of drug-likeness (QED) is 0.741. The summed E-state index contributed by atoms with van der Waals surface area (Å²) >= 11 is 0. The Balaban J connectivity index is 1.71. The first-order chi connectivity index (χ1) is 9.10. The minimum Gasteiger partial charge on any atom is -0.391 e. The molecule has 5 nitrogen and oxygen atoms in total. The minimum atomic E-state index is -0.410. The average molecular weight is 270 g/mol. The summed E-state index contributed by atoms with van der Waals surface area (Å²) in [7, 11) is 2.16. The summed E-state index contributed by atoms with van der Waals surface area (Å²) in [6, 6.07) is 0.658. The molecule has 0 radical (unpaired) electrons. The standard InChI is InChI=1S/C14H26N2O3/c1-11-10-15(2)5-6-16(11)12-9-14(4-3-13(12)17)18-7-8-19-14/h11-13,17H,3-10H2,1-2H3. The van der Waals surface area contributed by atoms with Gasteiger partial charge in [-0.3, -0.25) is 4.90 Å². The zero-order chi connectivity index (χ0) is 13.5. The molecular weight excluding hydrogens is 244 g/mol. The van der Waals surface area contributed by atoms with Crippen LogP contribution in [0.2, 0.25) is 0 Å². The van der Waals surface area contributed by atoms with Crippen LogP contribution in [0.4, 0.5) is 0 Å². The molecule has 19 heavy (non-hydrogen) atoms. The lowest BCUT2D eigenvalue weighted by molar-refractivity contribution is -0.209. The fraction of sp³-hybridized carbons (Fsp3) is 1.00. The number of piperazine rings is 1. The Morgan fingerprint density at radius 1 is 1.21 bits per heavy atom. The molecule has 110 valence electrons. The number of rotatable bonds is 1. The number of aliphatic hydroxyl groups excluding tert-OH is 1. The molecule has 3 rings (SSSR count). The molecule has 5 heteroatoms. The Bertz CT molecular complexity index is 320. The molecule has 1 N–H and O–H groups in total. The first-order valence-electron chi connectivity index (χ1n) is 7.50. The summed E-state index contributed by atoms with van der Waals surface area (Å²) in [4.78, 5) is 4.81. The Kier molecular flexibility index (Phi) is 3.84. The molecule has 1 saturated carbocycles. The van der Waals surface area contributed by atoms with Crippen molar-refractivity contribution in [2.75, 3.05) is 39.9 Å². The van der Waals surface area contributed by atoms with Crippen LogP contribution in [0.15, 0.2) is 0 Å². The first-order valence-corrected chi connectivity index (χ1v) is 7.50. The highest BCUT2D eigenvalue weighted by atomic mass is 16.7. The second-order valence-electron chi connectivity index (χ2n) is 6.33. The largest absolute Gasteiger partial charge is 0.391 e. The second-order valence-corrected chi connectivity index (χ2v) is 6.33. The molecule has 2 heterocycles. The van der Waals surface area contributed by atoms with Gasteiger partial charge < -0.3 is 19.5 Å². The maximum absolute atomic E-state index is 10.4. The summed E-state index contributed by atoms with van der Waals surface area (Å²) in [5.41, 5.74) is 0. The molecule has 3 fully saturated rings. The second kappa shape index (κ2) is 5.30. The fourth-order valence-electron chi connectivity index (χ4n) is 3.86. The highest BCUT2D eigenvalue weighted by molar-refractivity contribution is 4.96. The van der Waals surface area contributed by atoms with Crippen LogP contribution in [0.3, 0.4) is 0 Å². The minimum absolute atomic E-state index is 0.176. The monoisotopic (exact) mass is 270 g/mol. The zero-order valence-corrected chi connectivity index (χ0v) is 12.0. The molecule has 0 bridgehead atoms. The van der Waals surface area contributed by atoms with E-state index in [1.54, 1.807) is 0 Å². The van der Waals surface area contributed by atoms with Gasteiger partial charge in [-0.05, 0) is 20.4 Å². The van der Waals surface area contributed by atoms with Crippen molar-refractivity contribution in [3.8, 4) is 0 Å². The third-order valence-corrected chi connectivity index (χ3v) is 4.91. The van der Waals surface area contributed by atoms with Crippen LogP contribution in [-0.2, 0) is 9.47 Å². The van der Waals surface area contributed by atoms with Gasteiger partial charge in [0.15, 0.2) is 5.79 Å². The van der Waals surface area contributed by atoms with Crippen molar-refractivity contribution >= 4 is 0 Å². The van der Waals surface area contributed by atoms with Crippen molar-refractivity contribution in [1.29, 1.82) is 0 Å². The van der Waals surface area contributed by atoms with Crippen LogP contribution in [-0.4, -0.2) is 78.8 Å². The molecule has 0 aromatic carbocycles. The molecular formula is C14H26N2O3. The normalized spacial score (nSPS) is 40.9. The van der Waals surface area contributed by atoms with Crippen LogP contribution in [0.1, 0.15) is 26.2 Å². The molecule has 2 saturated heterocycles. The summed E-state index contributed by atoms with van der Waals surface area (Å²) in [6.07, 6.45) is 2.17. The van der Waals surface area contributed by atoms with Gasteiger partial charge in [0, 0.05) is 44.6 Å². The molecule has 1 spiro atoms. The van der Waals surface area contributed by atoms with Gasteiger partial charge in [-0.2, -0.15) is 0 Å². The summed E-state index contributed by atoms with van der Waals surface area (Å²) < 4.78 is 11.7. The molecule has 0 aromatic heterocycles. The van der Waals surface area contributed by atoms with Crippen molar-refractivity contribution in [3.63, 3.8) is 0 Å². The van der Waals surface area contributed by atoms with Gasteiger partial charge in [0.2, 0.25) is 0 Å². The lowest BCUT2D eigenvalue weighted by Gasteiger charge is -2.49. The lowest BCUT2D eigenvalue weighted by Crippen LogP contribution is -2.61. The smallest absolute Gasteiger partial charge is 0.170 e. The van der Waals surface area contributed by atoms with E-state index in [9.17, 15) is 5.11 Å². The third kappa shape index (κ3) is 2.67. The number of hydrogen-bond donors (Lipinski definition) is 1. The van der Waals surface area contributed by atoms with Gasteiger partial charge >= 0.3 is 0 Å². The lowest BCUT2D eigenvalue weighted by atomic mass is 9.85. The molecule has 0 amide bonds. The van der Waals surface area contributed by atoms with Crippen molar-refractivity contribution in [3.05, 3.63) is 0 Å². The molecule has 2 aliphatic heterocycles. The van der Waals surface area contributed by atoms with E-state index in [2.05, 4.69) is 23.8 Å². The topological polar surface area (TPSA) is 45.2 Å². The van der Waals surface area contributed by atoms with E-state index in [-0.39, 0.29) is 12.1 Å². The van der Waals surface area contributed by atoms with E-state index in [0.717, 1.165) is 38.9 Å². The molecule has 3 unspecified atom stereocenters. The number of nitrogens with zero attached hydrogens (tertiary/aromatic N) is 2. The van der Waals surface area contributed by atoms with Crippen molar-refractivity contribution < 1.29 is 14.6 Å². The Morgan fingerprint density at radius 3 is 2.63 bits per heavy atom. The van der Waals surface area contributed by atoms with Crippen molar-refractivity contribution in [1.82, 2.24) is 9.80 Å². The number of ether oxygens (including phenoxy) is 2. The van der Waals surface area contributed by atoms with Gasteiger partial charge in [-0.25, -0.2) is 0 Å². The zero-order valence-electron chi connectivity index (χ0n) is 12.0. The highest BCUT2D eigenvalue weighted by Gasteiger charge is 2.47. The maximum atomic E-state index is 10.4.